The van der Waals surface area contributed by atoms with Crippen LogP contribution in [0, 0.1) is 3.57 Å². The van der Waals surface area contributed by atoms with Gasteiger partial charge in [-0.05, 0) is 46.4 Å². The van der Waals surface area contributed by atoms with E-state index in [4.69, 9.17) is 17.3 Å². The van der Waals surface area contributed by atoms with E-state index < -0.39 is 6.04 Å². The number of amides is 1. The molecule has 0 fully saturated rings. The second kappa shape index (κ2) is 6.36. The first-order valence-electron chi connectivity index (χ1n) is 5.64. The SMILES string of the molecule is NC(C(=O)Nc1ccc(I)cc1Cl)c1ccccc1. The maximum Gasteiger partial charge on any atom is 0.245 e. The predicted octanol–water partition coefficient (Wildman–Crippen LogP) is 3.58. The van der Waals surface area contributed by atoms with E-state index in [9.17, 15) is 4.79 Å². The summed E-state index contributed by atoms with van der Waals surface area (Å²) in [6.45, 7) is 0. The standard InChI is InChI=1S/C14H12ClIN2O/c15-11-8-10(16)6-7-12(11)18-14(19)13(17)9-4-2-1-3-5-9/h1-8,13H,17H2,(H,18,19). The number of hydrogen-bond donors (Lipinski definition) is 2. The van der Waals surface area contributed by atoms with Crippen LogP contribution in [0.25, 0.3) is 0 Å². The normalized spacial score (nSPS) is 11.9. The fourth-order valence-electron chi connectivity index (χ4n) is 1.61. The zero-order valence-electron chi connectivity index (χ0n) is 9.94. The third kappa shape index (κ3) is 3.68. The van der Waals surface area contributed by atoms with Crippen LogP contribution >= 0.6 is 34.2 Å². The molecule has 0 heterocycles. The lowest BCUT2D eigenvalue weighted by Crippen LogP contribution is -2.27. The average molecular weight is 387 g/mol. The highest BCUT2D eigenvalue weighted by Crippen LogP contribution is 2.24. The Morgan fingerprint density at radius 3 is 2.53 bits per heavy atom. The van der Waals surface area contributed by atoms with Crippen molar-refractivity contribution in [1.29, 1.82) is 0 Å². The van der Waals surface area contributed by atoms with Gasteiger partial charge in [-0.1, -0.05) is 41.9 Å². The third-order valence-electron chi connectivity index (χ3n) is 2.63. The largest absolute Gasteiger partial charge is 0.323 e. The molecule has 0 aliphatic rings. The molecular formula is C14H12ClIN2O. The number of halogens is 2. The van der Waals surface area contributed by atoms with E-state index in [1.54, 1.807) is 12.1 Å². The third-order valence-corrected chi connectivity index (χ3v) is 3.61. The maximum atomic E-state index is 12.1. The molecule has 0 aromatic heterocycles. The van der Waals surface area contributed by atoms with Crippen molar-refractivity contribution in [2.75, 3.05) is 5.32 Å². The van der Waals surface area contributed by atoms with Gasteiger partial charge in [-0.2, -0.15) is 0 Å². The van der Waals surface area contributed by atoms with Gasteiger partial charge in [0, 0.05) is 3.57 Å². The molecule has 3 nitrogen and oxygen atoms in total. The average Bonchev–Trinajstić information content (AvgIpc) is 2.42. The number of hydrogen-bond acceptors (Lipinski definition) is 2. The molecule has 2 rings (SSSR count). The minimum absolute atomic E-state index is 0.283. The van der Waals surface area contributed by atoms with Gasteiger partial charge >= 0.3 is 0 Å². The molecule has 0 spiro atoms. The predicted molar refractivity (Wildman–Crippen MR) is 86.2 cm³/mol. The molecule has 0 saturated heterocycles. The highest BCUT2D eigenvalue weighted by atomic mass is 127. The Labute approximate surface area is 130 Å². The quantitative estimate of drug-likeness (QED) is 0.792. The Hall–Kier alpha value is -1.11. The van der Waals surface area contributed by atoms with Crippen LogP contribution in [0.3, 0.4) is 0 Å². The molecule has 1 amide bonds. The Morgan fingerprint density at radius 1 is 1.21 bits per heavy atom. The molecule has 5 heteroatoms. The summed E-state index contributed by atoms with van der Waals surface area (Å²) in [6, 6.07) is 13.9. The second-order valence-corrected chi connectivity index (χ2v) is 5.65. The van der Waals surface area contributed by atoms with Gasteiger partial charge < -0.3 is 11.1 Å². The Bertz CT molecular complexity index is 589. The van der Waals surface area contributed by atoms with Crippen LogP contribution < -0.4 is 11.1 Å². The van der Waals surface area contributed by atoms with E-state index in [0.717, 1.165) is 9.13 Å². The van der Waals surface area contributed by atoms with Crippen LogP contribution in [0.5, 0.6) is 0 Å². The van der Waals surface area contributed by atoms with Crippen LogP contribution in [0.4, 0.5) is 5.69 Å². The van der Waals surface area contributed by atoms with E-state index in [1.165, 1.54) is 0 Å². The summed E-state index contributed by atoms with van der Waals surface area (Å²) in [4.78, 5) is 12.1. The molecule has 98 valence electrons. The van der Waals surface area contributed by atoms with Crippen molar-refractivity contribution >= 4 is 45.8 Å². The molecule has 3 N–H and O–H groups in total. The number of nitrogens with one attached hydrogen (secondary N) is 1. The lowest BCUT2D eigenvalue weighted by atomic mass is 10.1. The van der Waals surface area contributed by atoms with Crippen LogP contribution in [-0.2, 0) is 4.79 Å². The molecule has 1 unspecified atom stereocenters. The lowest BCUT2D eigenvalue weighted by Gasteiger charge is -2.13. The summed E-state index contributed by atoms with van der Waals surface area (Å²) in [5.41, 5.74) is 7.24. The summed E-state index contributed by atoms with van der Waals surface area (Å²) in [5, 5.41) is 3.24. The summed E-state index contributed by atoms with van der Waals surface area (Å²) in [5.74, 6) is -0.283. The summed E-state index contributed by atoms with van der Waals surface area (Å²) in [7, 11) is 0. The van der Waals surface area contributed by atoms with E-state index >= 15 is 0 Å². The van der Waals surface area contributed by atoms with Gasteiger partial charge in [0.15, 0.2) is 0 Å². The molecule has 19 heavy (non-hydrogen) atoms. The van der Waals surface area contributed by atoms with Gasteiger partial charge in [-0.25, -0.2) is 0 Å². The topological polar surface area (TPSA) is 55.1 Å². The zero-order valence-corrected chi connectivity index (χ0v) is 12.9. The van der Waals surface area contributed by atoms with Crippen LogP contribution in [0.1, 0.15) is 11.6 Å². The van der Waals surface area contributed by atoms with Crippen molar-refractivity contribution in [2.24, 2.45) is 5.73 Å². The highest BCUT2D eigenvalue weighted by molar-refractivity contribution is 14.1. The smallest absolute Gasteiger partial charge is 0.245 e. The molecule has 0 radical (unpaired) electrons. The van der Waals surface area contributed by atoms with Gasteiger partial charge in [0.1, 0.15) is 6.04 Å². The van der Waals surface area contributed by atoms with Crippen LogP contribution in [-0.4, -0.2) is 5.91 Å². The highest BCUT2D eigenvalue weighted by Gasteiger charge is 2.16. The number of anilines is 1. The monoisotopic (exact) mass is 386 g/mol. The summed E-state index contributed by atoms with van der Waals surface area (Å²) in [6.07, 6.45) is 0. The number of rotatable bonds is 3. The van der Waals surface area contributed by atoms with Gasteiger partial charge in [0.05, 0.1) is 10.7 Å². The maximum absolute atomic E-state index is 12.1. The van der Waals surface area contributed by atoms with Gasteiger partial charge in [0.25, 0.3) is 0 Å². The van der Waals surface area contributed by atoms with Crippen molar-refractivity contribution < 1.29 is 4.79 Å². The van der Waals surface area contributed by atoms with Crippen molar-refractivity contribution in [1.82, 2.24) is 0 Å². The van der Waals surface area contributed by atoms with E-state index in [1.807, 2.05) is 36.4 Å². The first-order valence-corrected chi connectivity index (χ1v) is 7.10. The fraction of sp³-hybridized carbons (Fsp3) is 0.0714. The Morgan fingerprint density at radius 2 is 1.89 bits per heavy atom. The van der Waals surface area contributed by atoms with E-state index in [2.05, 4.69) is 27.9 Å². The number of carbonyl (C=O) groups excluding carboxylic acids is 1. The lowest BCUT2D eigenvalue weighted by molar-refractivity contribution is -0.117. The van der Waals surface area contributed by atoms with Crippen LogP contribution in [0.2, 0.25) is 5.02 Å². The molecule has 2 aromatic rings. The van der Waals surface area contributed by atoms with E-state index in [0.29, 0.717) is 10.7 Å². The van der Waals surface area contributed by atoms with E-state index in [-0.39, 0.29) is 5.91 Å². The molecule has 0 saturated carbocycles. The fourth-order valence-corrected chi connectivity index (χ4v) is 2.52. The van der Waals surface area contributed by atoms with Crippen molar-refractivity contribution in [3.63, 3.8) is 0 Å². The van der Waals surface area contributed by atoms with Crippen molar-refractivity contribution in [2.45, 2.75) is 6.04 Å². The second-order valence-electron chi connectivity index (χ2n) is 4.00. The first kappa shape index (κ1) is 14.3. The van der Waals surface area contributed by atoms with Crippen molar-refractivity contribution in [3.8, 4) is 0 Å². The minimum Gasteiger partial charge on any atom is -0.323 e. The van der Waals surface area contributed by atoms with Crippen LogP contribution in [0.15, 0.2) is 48.5 Å². The summed E-state index contributed by atoms with van der Waals surface area (Å²) >= 11 is 8.22. The molecule has 2 aromatic carbocycles. The minimum atomic E-state index is -0.712. The molecular weight excluding hydrogens is 375 g/mol. The molecule has 0 aliphatic carbocycles. The molecule has 0 bridgehead atoms. The summed E-state index contributed by atoms with van der Waals surface area (Å²) < 4.78 is 1.01. The zero-order chi connectivity index (χ0) is 13.8. The number of carbonyl (C=O) groups is 1. The number of benzene rings is 2. The molecule has 1 atom stereocenters. The van der Waals surface area contributed by atoms with Gasteiger partial charge in [-0.3, -0.25) is 4.79 Å². The first-order chi connectivity index (χ1) is 9.08. The molecule has 0 aliphatic heterocycles. The Kier molecular flexibility index (Phi) is 4.79. The van der Waals surface area contributed by atoms with Gasteiger partial charge in [-0.15, -0.1) is 0 Å². The number of nitrogens with two attached hydrogens (primary N) is 1. The Balaban J connectivity index is 2.13. The van der Waals surface area contributed by atoms with Crippen molar-refractivity contribution in [3.05, 3.63) is 62.7 Å². The van der Waals surface area contributed by atoms with Gasteiger partial charge in [0.2, 0.25) is 5.91 Å².